The number of anilines is 1. The first-order chi connectivity index (χ1) is 12.4. The third-order valence-corrected chi connectivity index (χ3v) is 5.29. The summed E-state index contributed by atoms with van der Waals surface area (Å²) in [6, 6.07) is 14.3. The Bertz CT molecular complexity index is 771. The Morgan fingerprint density at radius 1 is 1.04 bits per heavy atom. The van der Waals surface area contributed by atoms with Crippen LogP contribution in [0.2, 0.25) is 0 Å². The average Bonchev–Trinajstić information content (AvgIpc) is 3.09. The molecule has 2 aromatic carbocycles. The molecule has 3 rings (SSSR count). The average molecular weight is 351 g/mol. The largest absolute Gasteiger partial charge is 0.491 e. The second-order valence-electron chi connectivity index (χ2n) is 7.76. The second-order valence-corrected chi connectivity index (χ2v) is 7.76. The number of nitrogens with one attached hydrogen (secondary N) is 1. The van der Waals surface area contributed by atoms with Gasteiger partial charge in [0.1, 0.15) is 5.75 Å². The zero-order chi connectivity index (χ0) is 18.7. The van der Waals surface area contributed by atoms with Gasteiger partial charge < -0.3 is 10.1 Å². The Kier molecular flexibility index (Phi) is 5.36. The van der Waals surface area contributed by atoms with Gasteiger partial charge in [-0.2, -0.15) is 0 Å². The van der Waals surface area contributed by atoms with Crippen LogP contribution in [-0.4, -0.2) is 12.0 Å². The predicted octanol–water partition coefficient (Wildman–Crippen LogP) is 5.54. The Morgan fingerprint density at radius 2 is 1.69 bits per heavy atom. The third kappa shape index (κ3) is 3.77. The second kappa shape index (κ2) is 7.53. The lowest BCUT2D eigenvalue weighted by Crippen LogP contribution is -2.38. The van der Waals surface area contributed by atoms with Crippen LogP contribution in [0, 0.1) is 13.8 Å². The summed E-state index contributed by atoms with van der Waals surface area (Å²) in [6.45, 7) is 8.12. The maximum absolute atomic E-state index is 13.3. The van der Waals surface area contributed by atoms with Crippen LogP contribution in [0.25, 0.3) is 0 Å². The van der Waals surface area contributed by atoms with Crippen molar-refractivity contribution in [1.29, 1.82) is 0 Å². The Morgan fingerprint density at radius 3 is 2.27 bits per heavy atom. The molecule has 1 aliphatic carbocycles. The minimum atomic E-state index is -0.408. The summed E-state index contributed by atoms with van der Waals surface area (Å²) in [5, 5.41) is 3.16. The van der Waals surface area contributed by atoms with Gasteiger partial charge in [0.15, 0.2) is 0 Å². The molecule has 1 fully saturated rings. The fraction of sp³-hybridized carbons (Fsp3) is 0.435. The molecular formula is C23H29NO2. The zero-order valence-corrected chi connectivity index (χ0v) is 16.3. The van der Waals surface area contributed by atoms with Crippen molar-refractivity contribution in [3.05, 3.63) is 59.2 Å². The van der Waals surface area contributed by atoms with Crippen LogP contribution in [0.5, 0.6) is 5.75 Å². The minimum Gasteiger partial charge on any atom is -0.491 e. The van der Waals surface area contributed by atoms with Gasteiger partial charge >= 0.3 is 0 Å². The highest BCUT2D eigenvalue weighted by atomic mass is 16.5. The topological polar surface area (TPSA) is 38.3 Å². The SMILES string of the molecule is Cc1ccc(C2(C(=O)Nc3ccc(OC(C)C)c(C)c3)CCCC2)cc1. The van der Waals surface area contributed by atoms with Crippen molar-refractivity contribution in [3.8, 4) is 5.75 Å². The highest BCUT2D eigenvalue weighted by molar-refractivity contribution is 5.99. The maximum atomic E-state index is 13.3. The van der Waals surface area contributed by atoms with E-state index in [1.54, 1.807) is 0 Å². The molecule has 0 bridgehead atoms. The quantitative estimate of drug-likeness (QED) is 0.768. The summed E-state index contributed by atoms with van der Waals surface area (Å²) in [6.07, 6.45) is 4.16. The standard InChI is InChI=1S/C23H29NO2/c1-16(2)26-21-12-11-20(15-18(21)4)24-22(25)23(13-5-6-14-23)19-9-7-17(3)8-10-19/h7-12,15-16H,5-6,13-14H2,1-4H3,(H,24,25). The van der Waals surface area contributed by atoms with Gasteiger partial charge in [0.25, 0.3) is 0 Å². The number of aryl methyl sites for hydroxylation is 2. The van der Waals surface area contributed by atoms with Crippen LogP contribution in [-0.2, 0) is 10.2 Å². The molecule has 0 radical (unpaired) electrons. The molecule has 0 aromatic heterocycles. The van der Waals surface area contributed by atoms with Gasteiger partial charge in [0.05, 0.1) is 11.5 Å². The van der Waals surface area contributed by atoms with Crippen molar-refractivity contribution >= 4 is 11.6 Å². The first-order valence-corrected chi connectivity index (χ1v) is 9.57. The van der Waals surface area contributed by atoms with Crippen molar-refractivity contribution in [3.63, 3.8) is 0 Å². The van der Waals surface area contributed by atoms with Crippen LogP contribution in [0.3, 0.4) is 0 Å². The van der Waals surface area contributed by atoms with Crippen LogP contribution >= 0.6 is 0 Å². The normalized spacial score (nSPS) is 15.9. The van der Waals surface area contributed by atoms with E-state index in [-0.39, 0.29) is 12.0 Å². The van der Waals surface area contributed by atoms with Crippen molar-refractivity contribution < 1.29 is 9.53 Å². The van der Waals surface area contributed by atoms with Gasteiger partial charge in [-0.1, -0.05) is 42.7 Å². The molecule has 2 aromatic rings. The number of carbonyl (C=O) groups is 1. The summed E-state index contributed by atoms with van der Waals surface area (Å²) in [5.41, 5.74) is 3.82. The van der Waals surface area contributed by atoms with E-state index in [4.69, 9.17) is 4.74 Å². The lowest BCUT2D eigenvalue weighted by Gasteiger charge is -2.28. The number of rotatable bonds is 5. The number of hydrogen-bond donors (Lipinski definition) is 1. The Hall–Kier alpha value is -2.29. The smallest absolute Gasteiger partial charge is 0.235 e. The van der Waals surface area contributed by atoms with Crippen LogP contribution in [0.4, 0.5) is 5.69 Å². The van der Waals surface area contributed by atoms with Crippen molar-refractivity contribution in [1.82, 2.24) is 0 Å². The van der Waals surface area contributed by atoms with Crippen molar-refractivity contribution in [2.75, 3.05) is 5.32 Å². The molecule has 138 valence electrons. The molecule has 0 saturated heterocycles. The van der Waals surface area contributed by atoms with Crippen LogP contribution in [0.1, 0.15) is 56.2 Å². The van der Waals surface area contributed by atoms with E-state index in [1.165, 1.54) is 5.56 Å². The molecule has 3 nitrogen and oxygen atoms in total. The van der Waals surface area contributed by atoms with Gasteiger partial charge in [-0.25, -0.2) is 0 Å². The lowest BCUT2D eigenvalue weighted by molar-refractivity contribution is -0.121. The summed E-state index contributed by atoms with van der Waals surface area (Å²) >= 11 is 0. The van der Waals surface area contributed by atoms with Gasteiger partial charge in [-0.05, 0) is 69.9 Å². The number of benzene rings is 2. The molecule has 0 heterocycles. The minimum absolute atomic E-state index is 0.107. The maximum Gasteiger partial charge on any atom is 0.235 e. The molecular weight excluding hydrogens is 322 g/mol. The molecule has 0 aliphatic heterocycles. The first-order valence-electron chi connectivity index (χ1n) is 9.57. The van der Waals surface area contributed by atoms with Gasteiger partial charge in [-0.15, -0.1) is 0 Å². The molecule has 1 amide bonds. The summed E-state index contributed by atoms with van der Waals surface area (Å²) in [4.78, 5) is 13.3. The highest BCUT2D eigenvalue weighted by Crippen LogP contribution is 2.42. The fourth-order valence-electron chi connectivity index (χ4n) is 3.86. The number of carbonyl (C=O) groups excluding carboxylic acids is 1. The first kappa shape index (κ1) is 18.5. The van der Waals surface area contributed by atoms with E-state index in [2.05, 4.69) is 36.5 Å². The molecule has 1 aliphatic rings. The molecule has 0 atom stereocenters. The lowest BCUT2D eigenvalue weighted by atomic mass is 9.77. The molecule has 26 heavy (non-hydrogen) atoms. The van der Waals surface area contributed by atoms with Gasteiger partial charge in [-0.3, -0.25) is 4.79 Å². The zero-order valence-electron chi connectivity index (χ0n) is 16.3. The van der Waals surface area contributed by atoms with Crippen LogP contribution in [0.15, 0.2) is 42.5 Å². The summed E-state index contributed by atoms with van der Waals surface area (Å²) in [5.74, 6) is 0.975. The van der Waals surface area contributed by atoms with E-state index >= 15 is 0 Å². The monoisotopic (exact) mass is 351 g/mol. The predicted molar refractivity (Wildman–Crippen MR) is 107 cm³/mol. The van der Waals surface area contributed by atoms with E-state index in [0.29, 0.717) is 0 Å². The Balaban J connectivity index is 1.83. The van der Waals surface area contributed by atoms with E-state index < -0.39 is 5.41 Å². The number of ether oxygens (including phenoxy) is 1. The Labute approximate surface area is 156 Å². The molecule has 3 heteroatoms. The van der Waals surface area contributed by atoms with E-state index in [9.17, 15) is 4.79 Å². The number of amides is 1. The number of hydrogen-bond acceptors (Lipinski definition) is 2. The summed E-state index contributed by atoms with van der Waals surface area (Å²) in [7, 11) is 0. The van der Waals surface area contributed by atoms with E-state index in [1.807, 2.05) is 39.0 Å². The summed E-state index contributed by atoms with van der Waals surface area (Å²) < 4.78 is 5.79. The van der Waals surface area contributed by atoms with Gasteiger partial charge in [0.2, 0.25) is 5.91 Å². The van der Waals surface area contributed by atoms with E-state index in [0.717, 1.165) is 48.2 Å². The van der Waals surface area contributed by atoms with Crippen molar-refractivity contribution in [2.45, 2.75) is 64.9 Å². The molecule has 0 spiro atoms. The van der Waals surface area contributed by atoms with Gasteiger partial charge in [0, 0.05) is 5.69 Å². The fourth-order valence-corrected chi connectivity index (χ4v) is 3.86. The molecule has 1 saturated carbocycles. The van der Waals surface area contributed by atoms with Crippen molar-refractivity contribution in [2.24, 2.45) is 0 Å². The molecule has 0 unspecified atom stereocenters. The third-order valence-electron chi connectivity index (χ3n) is 5.29. The van der Waals surface area contributed by atoms with Crippen LogP contribution < -0.4 is 10.1 Å². The molecule has 1 N–H and O–H groups in total. The highest BCUT2D eigenvalue weighted by Gasteiger charge is 2.42.